The fraction of sp³-hybridized carbons (Fsp3) is 0.423. The van der Waals surface area contributed by atoms with E-state index in [2.05, 4.69) is 5.32 Å². The fourth-order valence-electron chi connectivity index (χ4n) is 4.52. The molecule has 3 amide bonds. The minimum Gasteiger partial charge on any atom is -0.450 e. The summed E-state index contributed by atoms with van der Waals surface area (Å²) in [5.41, 5.74) is 2.92. The molecule has 0 bridgehead atoms. The van der Waals surface area contributed by atoms with E-state index in [1.165, 1.54) is 0 Å². The van der Waals surface area contributed by atoms with Crippen molar-refractivity contribution in [1.29, 1.82) is 0 Å². The molecule has 0 aliphatic carbocycles. The monoisotopic (exact) mass is 480 g/mol. The van der Waals surface area contributed by atoms with E-state index in [-0.39, 0.29) is 24.1 Å². The Kier molecular flexibility index (Phi) is 7.87. The minimum atomic E-state index is -0.341. The van der Waals surface area contributed by atoms with Crippen molar-refractivity contribution in [2.75, 3.05) is 58.4 Å². The molecule has 1 saturated heterocycles. The number of methoxy groups -OCH3 is 1. The lowest BCUT2D eigenvalue weighted by Gasteiger charge is -2.34. The number of hydrogen-bond donors (Lipinski definition) is 1. The van der Waals surface area contributed by atoms with E-state index in [0.717, 1.165) is 17.7 Å². The highest BCUT2D eigenvalue weighted by Gasteiger charge is 2.36. The van der Waals surface area contributed by atoms with Gasteiger partial charge in [0, 0.05) is 68.8 Å². The number of piperazine rings is 1. The van der Waals surface area contributed by atoms with Gasteiger partial charge in [0.15, 0.2) is 0 Å². The molecule has 0 saturated carbocycles. The summed E-state index contributed by atoms with van der Waals surface area (Å²) in [6, 6.07) is 14.9. The van der Waals surface area contributed by atoms with E-state index in [1.54, 1.807) is 29.9 Å². The first-order valence-electron chi connectivity index (χ1n) is 12.0. The summed E-state index contributed by atoms with van der Waals surface area (Å²) in [5.74, 6) is -0.0992. The van der Waals surface area contributed by atoms with Crippen molar-refractivity contribution in [3.05, 3.63) is 65.2 Å². The summed E-state index contributed by atoms with van der Waals surface area (Å²) >= 11 is 0. The normalized spacial score (nSPS) is 17.4. The standard InChI is InChI=1S/C26H32N4O5/c1-3-35-26(33)29-15-13-28(14-16-29)24(31)19-8-6-9-20(18-19)27-23-21-10-4-5-11-22(21)25(32)30(23)12-7-17-34-2/h4-6,8-11,18,23,27H,3,7,12-17H2,1-2H3. The lowest BCUT2D eigenvalue weighted by atomic mass is 10.1. The third-order valence-corrected chi connectivity index (χ3v) is 6.31. The maximum Gasteiger partial charge on any atom is 0.409 e. The maximum atomic E-state index is 13.2. The smallest absolute Gasteiger partial charge is 0.409 e. The zero-order valence-electron chi connectivity index (χ0n) is 20.2. The molecule has 2 aromatic carbocycles. The molecule has 186 valence electrons. The summed E-state index contributed by atoms with van der Waals surface area (Å²) < 4.78 is 10.2. The average Bonchev–Trinajstić information content (AvgIpc) is 3.15. The minimum absolute atomic E-state index is 0.0131. The largest absolute Gasteiger partial charge is 0.450 e. The van der Waals surface area contributed by atoms with Gasteiger partial charge < -0.3 is 29.5 Å². The first kappa shape index (κ1) is 24.5. The Hall–Kier alpha value is -3.59. The predicted octanol–water partition coefficient (Wildman–Crippen LogP) is 3.20. The van der Waals surface area contributed by atoms with Gasteiger partial charge in [-0.2, -0.15) is 0 Å². The number of carbonyl (C=O) groups excluding carboxylic acids is 3. The van der Waals surface area contributed by atoms with Crippen molar-refractivity contribution < 1.29 is 23.9 Å². The maximum absolute atomic E-state index is 13.2. The Morgan fingerprint density at radius 3 is 2.51 bits per heavy atom. The zero-order valence-corrected chi connectivity index (χ0v) is 20.2. The molecular formula is C26H32N4O5. The van der Waals surface area contributed by atoms with Crippen molar-refractivity contribution in [2.24, 2.45) is 0 Å². The predicted molar refractivity (Wildman–Crippen MR) is 131 cm³/mol. The number of ether oxygens (including phenoxy) is 2. The molecular weight excluding hydrogens is 448 g/mol. The van der Waals surface area contributed by atoms with Crippen LogP contribution in [-0.2, 0) is 9.47 Å². The van der Waals surface area contributed by atoms with E-state index in [1.807, 2.05) is 47.4 Å². The second-order valence-electron chi connectivity index (χ2n) is 8.54. The molecule has 9 heteroatoms. The van der Waals surface area contributed by atoms with Gasteiger partial charge in [0.2, 0.25) is 0 Å². The molecule has 0 spiro atoms. The molecule has 1 N–H and O–H groups in total. The third kappa shape index (κ3) is 5.40. The van der Waals surface area contributed by atoms with Gasteiger partial charge in [0.25, 0.3) is 11.8 Å². The van der Waals surface area contributed by atoms with Crippen LogP contribution in [0.5, 0.6) is 0 Å². The highest BCUT2D eigenvalue weighted by molar-refractivity contribution is 5.99. The van der Waals surface area contributed by atoms with E-state index >= 15 is 0 Å². The highest BCUT2D eigenvalue weighted by atomic mass is 16.6. The molecule has 1 fully saturated rings. The van der Waals surface area contributed by atoms with Gasteiger partial charge in [-0.25, -0.2) is 4.79 Å². The molecule has 2 aromatic rings. The van der Waals surface area contributed by atoms with Crippen LogP contribution in [0.25, 0.3) is 0 Å². The van der Waals surface area contributed by atoms with Crippen molar-refractivity contribution in [3.63, 3.8) is 0 Å². The Morgan fingerprint density at radius 1 is 1.03 bits per heavy atom. The van der Waals surface area contributed by atoms with Gasteiger partial charge in [-0.3, -0.25) is 9.59 Å². The molecule has 2 aliphatic rings. The quantitative estimate of drug-likeness (QED) is 0.584. The van der Waals surface area contributed by atoms with Crippen molar-refractivity contribution in [2.45, 2.75) is 19.5 Å². The van der Waals surface area contributed by atoms with Crippen LogP contribution in [0.3, 0.4) is 0 Å². The number of hydrogen-bond acceptors (Lipinski definition) is 6. The summed E-state index contributed by atoms with van der Waals surface area (Å²) in [6.07, 6.45) is 0.0614. The summed E-state index contributed by atoms with van der Waals surface area (Å²) in [4.78, 5) is 43.3. The number of fused-ring (bicyclic) bond motifs is 1. The first-order chi connectivity index (χ1) is 17.0. The first-order valence-corrected chi connectivity index (χ1v) is 12.0. The SMILES string of the molecule is CCOC(=O)N1CCN(C(=O)c2cccc(NC3c4ccccc4C(=O)N3CCCOC)c2)CC1. The number of carbonyl (C=O) groups is 3. The van der Waals surface area contributed by atoms with Crippen LogP contribution in [0.1, 0.15) is 45.8 Å². The van der Waals surface area contributed by atoms with Crippen LogP contribution in [0.4, 0.5) is 10.5 Å². The van der Waals surface area contributed by atoms with Crippen LogP contribution in [0, 0.1) is 0 Å². The number of nitrogens with zero attached hydrogens (tertiary/aromatic N) is 3. The number of anilines is 1. The van der Waals surface area contributed by atoms with Gasteiger partial charge >= 0.3 is 6.09 Å². The second kappa shape index (κ2) is 11.2. The van der Waals surface area contributed by atoms with Crippen LogP contribution >= 0.6 is 0 Å². The molecule has 1 unspecified atom stereocenters. The molecule has 2 aliphatic heterocycles. The number of nitrogens with one attached hydrogen (secondary N) is 1. The Balaban J connectivity index is 1.46. The Bertz CT molecular complexity index is 1070. The lowest BCUT2D eigenvalue weighted by Crippen LogP contribution is -2.50. The van der Waals surface area contributed by atoms with Gasteiger partial charge in [-0.1, -0.05) is 24.3 Å². The van der Waals surface area contributed by atoms with Crippen molar-refractivity contribution >= 4 is 23.6 Å². The van der Waals surface area contributed by atoms with Crippen LogP contribution in [0.15, 0.2) is 48.5 Å². The topological polar surface area (TPSA) is 91.4 Å². The van der Waals surface area contributed by atoms with Gasteiger partial charge in [-0.05, 0) is 37.6 Å². The highest BCUT2D eigenvalue weighted by Crippen LogP contribution is 2.34. The van der Waals surface area contributed by atoms with Gasteiger partial charge in [0.05, 0.1) is 6.61 Å². The van der Waals surface area contributed by atoms with E-state index < -0.39 is 0 Å². The average molecular weight is 481 g/mol. The molecule has 0 radical (unpaired) electrons. The van der Waals surface area contributed by atoms with Crippen molar-refractivity contribution in [1.82, 2.24) is 14.7 Å². The molecule has 0 aromatic heterocycles. The number of rotatable bonds is 8. The van der Waals surface area contributed by atoms with E-state index in [0.29, 0.717) is 57.1 Å². The van der Waals surface area contributed by atoms with Crippen LogP contribution in [0.2, 0.25) is 0 Å². The molecule has 2 heterocycles. The van der Waals surface area contributed by atoms with Crippen molar-refractivity contribution in [3.8, 4) is 0 Å². The van der Waals surface area contributed by atoms with E-state index in [9.17, 15) is 14.4 Å². The zero-order chi connectivity index (χ0) is 24.8. The van der Waals surface area contributed by atoms with Gasteiger partial charge in [0.1, 0.15) is 6.17 Å². The molecule has 35 heavy (non-hydrogen) atoms. The summed E-state index contributed by atoms with van der Waals surface area (Å²) in [7, 11) is 1.65. The second-order valence-corrected chi connectivity index (χ2v) is 8.54. The Morgan fingerprint density at radius 2 is 1.77 bits per heavy atom. The number of benzene rings is 2. The fourth-order valence-corrected chi connectivity index (χ4v) is 4.52. The summed E-state index contributed by atoms with van der Waals surface area (Å²) in [5, 5.41) is 3.46. The third-order valence-electron chi connectivity index (χ3n) is 6.31. The number of amides is 3. The summed E-state index contributed by atoms with van der Waals surface area (Å²) in [6.45, 7) is 5.03. The van der Waals surface area contributed by atoms with Gasteiger partial charge in [-0.15, -0.1) is 0 Å². The molecule has 1 atom stereocenters. The molecule has 4 rings (SSSR count). The Labute approximate surface area is 205 Å². The van der Waals surface area contributed by atoms with Crippen LogP contribution in [-0.4, -0.2) is 85.7 Å². The van der Waals surface area contributed by atoms with E-state index in [4.69, 9.17) is 9.47 Å². The molecule has 9 nitrogen and oxygen atoms in total. The lowest BCUT2D eigenvalue weighted by molar-refractivity contribution is 0.0570. The van der Waals surface area contributed by atoms with Crippen LogP contribution < -0.4 is 5.32 Å².